The Bertz CT molecular complexity index is 726. The zero-order chi connectivity index (χ0) is 13.5. The minimum Gasteiger partial charge on any atom is -0.345 e. The first-order valence-electron chi connectivity index (χ1n) is 6.02. The van der Waals surface area contributed by atoms with Gasteiger partial charge in [-0.1, -0.05) is 0 Å². The van der Waals surface area contributed by atoms with Gasteiger partial charge in [0.25, 0.3) is 0 Å². The number of fused-ring (bicyclic) bond motifs is 1. The van der Waals surface area contributed by atoms with E-state index >= 15 is 0 Å². The molecule has 1 N–H and O–H groups in total. The minimum atomic E-state index is -3.52. The van der Waals surface area contributed by atoms with E-state index in [1.807, 2.05) is 0 Å². The molecule has 19 heavy (non-hydrogen) atoms. The van der Waals surface area contributed by atoms with Gasteiger partial charge in [0.15, 0.2) is 0 Å². The van der Waals surface area contributed by atoms with Crippen LogP contribution in [0.1, 0.15) is 12.8 Å². The Morgan fingerprint density at radius 2 is 1.95 bits per heavy atom. The molecule has 1 fully saturated rings. The van der Waals surface area contributed by atoms with E-state index < -0.39 is 10.0 Å². The Labute approximate surface area is 110 Å². The van der Waals surface area contributed by atoms with Crippen molar-refractivity contribution in [3.8, 4) is 0 Å². The number of sulfonamides is 1. The molecule has 1 aromatic carbocycles. The Kier molecular flexibility index (Phi) is 2.87. The van der Waals surface area contributed by atoms with Crippen LogP contribution in [0.2, 0.25) is 0 Å². The van der Waals surface area contributed by atoms with Crippen LogP contribution in [-0.2, 0) is 14.8 Å². The lowest BCUT2D eigenvalue weighted by Crippen LogP contribution is -2.38. The number of nitrogens with zero attached hydrogens (tertiary/aromatic N) is 2. The second-order valence-corrected chi connectivity index (χ2v) is 6.46. The summed E-state index contributed by atoms with van der Waals surface area (Å²) in [6.07, 6.45) is 2.12. The molecule has 100 valence electrons. The van der Waals surface area contributed by atoms with Crippen molar-refractivity contribution in [3.05, 3.63) is 24.5 Å². The predicted octanol–water partition coefficient (Wildman–Crippen LogP) is 0.917. The molecule has 1 aliphatic heterocycles. The van der Waals surface area contributed by atoms with Crippen LogP contribution in [-0.4, -0.2) is 41.6 Å². The zero-order valence-corrected chi connectivity index (χ0v) is 11.0. The van der Waals surface area contributed by atoms with Crippen LogP contribution in [0.4, 0.5) is 0 Å². The molecule has 0 bridgehead atoms. The van der Waals surface area contributed by atoms with E-state index in [0.717, 1.165) is 5.52 Å². The molecule has 0 radical (unpaired) electrons. The SMILES string of the molecule is O=C1CCN(S(=O)(=O)c2ccc3nc[nH]c3c2)CC1. The molecule has 6 nitrogen and oxygen atoms in total. The predicted molar refractivity (Wildman–Crippen MR) is 69.1 cm³/mol. The quantitative estimate of drug-likeness (QED) is 0.886. The molecule has 1 saturated heterocycles. The molecule has 2 heterocycles. The lowest BCUT2D eigenvalue weighted by Gasteiger charge is -2.25. The van der Waals surface area contributed by atoms with E-state index in [4.69, 9.17) is 0 Å². The van der Waals surface area contributed by atoms with Crippen LogP contribution >= 0.6 is 0 Å². The summed E-state index contributed by atoms with van der Waals surface area (Å²) in [6, 6.07) is 4.80. The van der Waals surface area contributed by atoms with Gasteiger partial charge in [0, 0.05) is 25.9 Å². The highest BCUT2D eigenvalue weighted by Crippen LogP contribution is 2.22. The number of nitrogens with one attached hydrogen (secondary N) is 1. The summed E-state index contributed by atoms with van der Waals surface area (Å²) in [6.45, 7) is 0.532. The number of carbonyl (C=O) groups excluding carboxylic acids is 1. The third kappa shape index (κ3) is 2.15. The van der Waals surface area contributed by atoms with Crippen molar-refractivity contribution in [1.29, 1.82) is 0 Å². The Hall–Kier alpha value is -1.73. The molecule has 1 aliphatic rings. The summed E-state index contributed by atoms with van der Waals surface area (Å²) < 4.78 is 26.2. The maximum Gasteiger partial charge on any atom is 0.243 e. The molecular formula is C12H13N3O3S. The number of H-pyrrole nitrogens is 1. The fraction of sp³-hybridized carbons (Fsp3) is 0.333. The number of aromatic amines is 1. The monoisotopic (exact) mass is 279 g/mol. The van der Waals surface area contributed by atoms with E-state index in [9.17, 15) is 13.2 Å². The maximum atomic E-state index is 12.4. The number of piperidine rings is 1. The van der Waals surface area contributed by atoms with Crippen LogP contribution in [0.25, 0.3) is 11.0 Å². The van der Waals surface area contributed by atoms with Gasteiger partial charge in [-0.25, -0.2) is 13.4 Å². The van der Waals surface area contributed by atoms with Gasteiger partial charge in [0.1, 0.15) is 5.78 Å². The number of benzene rings is 1. The van der Waals surface area contributed by atoms with E-state index in [-0.39, 0.29) is 23.8 Å². The third-order valence-corrected chi connectivity index (χ3v) is 5.20. The fourth-order valence-corrected chi connectivity index (χ4v) is 3.67. The van der Waals surface area contributed by atoms with E-state index in [2.05, 4.69) is 9.97 Å². The number of imidazole rings is 1. The van der Waals surface area contributed by atoms with Gasteiger partial charge in [-0.2, -0.15) is 4.31 Å². The Morgan fingerprint density at radius 3 is 2.68 bits per heavy atom. The fourth-order valence-electron chi connectivity index (χ4n) is 2.20. The van der Waals surface area contributed by atoms with Crippen molar-refractivity contribution < 1.29 is 13.2 Å². The largest absolute Gasteiger partial charge is 0.345 e. The summed E-state index contributed by atoms with van der Waals surface area (Å²) in [5.41, 5.74) is 1.42. The molecule has 7 heteroatoms. The number of hydrogen-bond donors (Lipinski definition) is 1. The van der Waals surface area contributed by atoms with Crippen LogP contribution in [0.5, 0.6) is 0 Å². The summed E-state index contributed by atoms with van der Waals surface area (Å²) in [7, 11) is -3.52. The van der Waals surface area contributed by atoms with Gasteiger partial charge in [0.05, 0.1) is 22.3 Å². The highest BCUT2D eigenvalue weighted by atomic mass is 32.2. The number of hydrogen-bond acceptors (Lipinski definition) is 4. The second kappa shape index (κ2) is 4.43. The van der Waals surface area contributed by atoms with Gasteiger partial charge in [-0.3, -0.25) is 4.79 Å². The summed E-state index contributed by atoms with van der Waals surface area (Å²) in [4.78, 5) is 18.4. The van der Waals surface area contributed by atoms with E-state index in [1.54, 1.807) is 18.2 Å². The van der Waals surface area contributed by atoms with Gasteiger partial charge < -0.3 is 4.98 Å². The lowest BCUT2D eigenvalue weighted by atomic mass is 10.1. The minimum absolute atomic E-state index is 0.121. The van der Waals surface area contributed by atoms with Crippen molar-refractivity contribution in [2.75, 3.05) is 13.1 Å². The molecule has 0 saturated carbocycles. The maximum absolute atomic E-state index is 12.4. The zero-order valence-electron chi connectivity index (χ0n) is 10.2. The molecule has 1 aromatic heterocycles. The van der Waals surface area contributed by atoms with Gasteiger partial charge in [-0.05, 0) is 18.2 Å². The topological polar surface area (TPSA) is 83.1 Å². The Morgan fingerprint density at radius 1 is 1.21 bits per heavy atom. The summed E-state index contributed by atoms with van der Waals surface area (Å²) >= 11 is 0. The smallest absolute Gasteiger partial charge is 0.243 e. The number of carbonyl (C=O) groups is 1. The van der Waals surface area contributed by atoms with Crippen LogP contribution in [0.3, 0.4) is 0 Å². The van der Waals surface area contributed by atoms with Crippen molar-refractivity contribution in [1.82, 2.24) is 14.3 Å². The van der Waals surface area contributed by atoms with Crippen LogP contribution in [0, 0.1) is 0 Å². The molecule has 3 rings (SSSR count). The van der Waals surface area contributed by atoms with Crippen molar-refractivity contribution in [3.63, 3.8) is 0 Å². The molecule has 2 aromatic rings. The number of Topliss-reactive ketones (excluding diaryl/α,β-unsaturated/α-hetero) is 1. The molecular weight excluding hydrogens is 266 g/mol. The number of rotatable bonds is 2. The Balaban J connectivity index is 1.96. The highest BCUT2D eigenvalue weighted by Gasteiger charge is 2.28. The summed E-state index contributed by atoms with van der Waals surface area (Å²) in [5.74, 6) is 0.121. The van der Waals surface area contributed by atoms with Crippen LogP contribution < -0.4 is 0 Å². The van der Waals surface area contributed by atoms with Crippen molar-refractivity contribution >= 4 is 26.8 Å². The molecule has 0 unspecified atom stereocenters. The second-order valence-electron chi connectivity index (χ2n) is 4.52. The third-order valence-electron chi connectivity index (χ3n) is 3.31. The van der Waals surface area contributed by atoms with Crippen molar-refractivity contribution in [2.24, 2.45) is 0 Å². The molecule has 0 amide bonds. The van der Waals surface area contributed by atoms with Gasteiger partial charge in [0.2, 0.25) is 10.0 Å². The standard InChI is InChI=1S/C12H13N3O3S/c16-9-3-5-15(6-4-9)19(17,18)10-1-2-11-12(7-10)14-8-13-11/h1-2,7-8H,3-6H2,(H,13,14). The average Bonchev–Trinajstić information content (AvgIpc) is 2.86. The first-order valence-corrected chi connectivity index (χ1v) is 7.46. The number of ketones is 1. The molecule has 0 atom stereocenters. The molecule has 0 aliphatic carbocycles. The molecule has 0 spiro atoms. The van der Waals surface area contributed by atoms with Crippen LogP contribution in [0.15, 0.2) is 29.4 Å². The van der Waals surface area contributed by atoms with Crippen molar-refractivity contribution in [2.45, 2.75) is 17.7 Å². The summed E-state index contributed by atoms with van der Waals surface area (Å²) in [5, 5.41) is 0. The van der Waals surface area contributed by atoms with Gasteiger partial charge in [-0.15, -0.1) is 0 Å². The normalized spacial score (nSPS) is 18.0. The van der Waals surface area contributed by atoms with Gasteiger partial charge >= 0.3 is 0 Å². The number of aromatic nitrogens is 2. The lowest BCUT2D eigenvalue weighted by molar-refractivity contribution is -0.120. The van der Waals surface area contributed by atoms with E-state index in [1.165, 1.54) is 10.6 Å². The highest BCUT2D eigenvalue weighted by molar-refractivity contribution is 7.89. The van der Waals surface area contributed by atoms with E-state index in [0.29, 0.717) is 18.4 Å². The average molecular weight is 279 g/mol. The first-order chi connectivity index (χ1) is 9.07. The first kappa shape index (κ1) is 12.3.